The molecule has 2 aromatic carbocycles. The highest BCUT2D eigenvalue weighted by atomic mass is 127. The van der Waals surface area contributed by atoms with E-state index in [1.807, 2.05) is 50.2 Å². The molecule has 0 aliphatic rings. The van der Waals surface area contributed by atoms with Gasteiger partial charge < -0.3 is 21.1 Å². The smallest absolute Gasteiger partial charge is 0.248 e. The fraction of sp³-hybridized carbons (Fsp3) is 0.300. The first kappa shape index (κ1) is 22.8. The monoisotopic (exact) mass is 482 g/mol. The third-order valence-corrected chi connectivity index (χ3v) is 3.69. The zero-order chi connectivity index (χ0) is 18.8. The number of para-hydroxylation sites is 1. The van der Waals surface area contributed by atoms with E-state index in [0.717, 1.165) is 23.4 Å². The van der Waals surface area contributed by atoms with E-state index >= 15 is 0 Å². The Balaban J connectivity index is 0.00000364. The molecule has 2 aromatic rings. The van der Waals surface area contributed by atoms with Crippen LogP contribution >= 0.6 is 24.0 Å². The van der Waals surface area contributed by atoms with Gasteiger partial charge in [0.2, 0.25) is 5.91 Å². The second-order valence-corrected chi connectivity index (χ2v) is 5.65. The van der Waals surface area contributed by atoms with Crippen LogP contribution in [0.15, 0.2) is 53.5 Å². The standard InChI is InChI=1S/C20H26N4O2.HI/c1-3-22-20(23-13-15-8-7-10-16(12-15)19(21)25)24-14-17-9-5-6-11-18(17)26-4-2;/h5-12H,3-4,13-14H2,1-2H3,(H2,21,25)(H2,22,23,24);1H. The Bertz CT molecular complexity index is 765. The maximum Gasteiger partial charge on any atom is 0.248 e. The Kier molecular flexibility index (Phi) is 10.2. The zero-order valence-corrected chi connectivity index (χ0v) is 18.0. The van der Waals surface area contributed by atoms with Crippen molar-refractivity contribution in [2.45, 2.75) is 26.9 Å². The highest BCUT2D eigenvalue weighted by Crippen LogP contribution is 2.17. The van der Waals surface area contributed by atoms with Gasteiger partial charge in [0.1, 0.15) is 5.75 Å². The molecule has 7 heteroatoms. The summed E-state index contributed by atoms with van der Waals surface area (Å²) in [4.78, 5) is 15.9. The summed E-state index contributed by atoms with van der Waals surface area (Å²) in [6.45, 7) is 6.41. The summed E-state index contributed by atoms with van der Waals surface area (Å²) in [5.74, 6) is 1.13. The lowest BCUT2D eigenvalue weighted by atomic mass is 10.1. The molecule has 0 saturated carbocycles. The van der Waals surface area contributed by atoms with Gasteiger partial charge in [-0.05, 0) is 37.6 Å². The summed E-state index contributed by atoms with van der Waals surface area (Å²) in [6, 6.07) is 15.1. The van der Waals surface area contributed by atoms with Crippen molar-refractivity contribution in [3.8, 4) is 5.75 Å². The van der Waals surface area contributed by atoms with Gasteiger partial charge in [0.25, 0.3) is 0 Å². The van der Waals surface area contributed by atoms with Crippen molar-refractivity contribution in [2.75, 3.05) is 13.2 Å². The molecule has 0 saturated heterocycles. The molecule has 0 spiro atoms. The zero-order valence-electron chi connectivity index (χ0n) is 15.7. The van der Waals surface area contributed by atoms with Crippen LogP contribution in [0.5, 0.6) is 5.75 Å². The second-order valence-electron chi connectivity index (χ2n) is 5.65. The van der Waals surface area contributed by atoms with E-state index in [4.69, 9.17) is 10.5 Å². The van der Waals surface area contributed by atoms with E-state index in [-0.39, 0.29) is 24.0 Å². The fourth-order valence-corrected chi connectivity index (χ4v) is 2.46. The first-order valence-electron chi connectivity index (χ1n) is 8.75. The molecule has 0 aromatic heterocycles. The minimum absolute atomic E-state index is 0. The Morgan fingerprint density at radius 3 is 2.59 bits per heavy atom. The third-order valence-electron chi connectivity index (χ3n) is 3.69. The van der Waals surface area contributed by atoms with Gasteiger partial charge in [0.15, 0.2) is 5.96 Å². The van der Waals surface area contributed by atoms with Crippen LogP contribution in [0.25, 0.3) is 0 Å². The third kappa shape index (κ3) is 7.46. The number of guanidine groups is 1. The van der Waals surface area contributed by atoms with E-state index in [9.17, 15) is 4.79 Å². The average Bonchev–Trinajstić information content (AvgIpc) is 2.65. The molecule has 0 aliphatic heterocycles. The molecule has 0 unspecified atom stereocenters. The van der Waals surface area contributed by atoms with E-state index in [1.165, 1.54) is 0 Å². The summed E-state index contributed by atoms with van der Waals surface area (Å²) in [6.07, 6.45) is 0. The molecular formula is C20H27IN4O2. The molecule has 0 fully saturated rings. The largest absolute Gasteiger partial charge is 0.494 e. The highest BCUT2D eigenvalue weighted by molar-refractivity contribution is 14.0. The summed E-state index contributed by atoms with van der Waals surface area (Å²) in [7, 11) is 0. The predicted octanol–water partition coefficient (Wildman–Crippen LogP) is 3.06. The number of hydrogen-bond donors (Lipinski definition) is 3. The maximum atomic E-state index is 11.3. The molecule has 146 valence electrons. The van der Waals surface area contributed by atoms with Crippen LogP contribution in [-0.2, 0) is 13.1 Å². The van der Waals surface area contributed by atoms with Crippen LogP contribution in [-0.4, -0.2) is 25.0 Å². The van der Waals surface area contributed by atoms with E-state index in [0.29, 0.717) is 31.2 Å². The molecule has 2 rings (SSSR count). The number of nitrogens with one attached hydrogen (secondary N) is 2. The van der Waals surface area contributed by atoms with Crippen molar-refractivity contribution in [3.05, 3.63) is 65.2 Å². The van der Waals surface area contributed by atoms with Crippen molar-refractivity contribution in [1.29, 1.82) is 0 Å². The topological polar surface area (TPSA) is 88.7 Å². The Hall–Kier alpha value is -2.29. The minimum atomic E-state index is -0.437. The van der Waals surface area contributed by atoms with Crippen LogP contribution in [0, 0.1) is 0 Å². The van der Waals surface area contributed by atoms with Crippen molar-refractivity contribution in [3.63, 3.8) is 0 Å². The number of nitrogens with zero attached hydrogens (tertiary/aromatic N) is 1. The van der Waals surface area contributed by atoms with Crippen LogP contribution in [0.4, 0.5) is 0 Å². The van der Waals surface area contributed by atoms with Crippen LogP contribution in [0.2, 0.25) is 0 Å². The number of ether oxygens (including phenoxy) is 1. The Labute approximate surface area is 177 Å². The highest BCUT2D eigenvalue weighted by Gasteiger charge is 2.05. The van der Waals surface area contributed by atoms with Gasteiger partial charge in [-0.2, -0.15) is 0 Å². The number of benzene rings is 2. The molecule has 0 heterocycles. The number of rotatable bonds is 8. The van der Waals surface area contributed by atoms with Gasteiger partial charge in [-0.3, -0.25) is 4.79 Å². The molecular weight excluding hydrogens is 455 g/mol. The molecule has 27 heavy (non-hydrogen) atoms. The lowest BCUT2D eigenvalue weighted by Crippen LogP contribution is -2.36. The number of primary amides is 1. The summed E-state index contributed by atoms with van der Waals surface area (Å²) in [5.41, 5.74) is 7.80. The minimum Gasteiger partial charge on any atom is -0.494 e. The Morgan fingerprint density at radius 2 is 1.89 bits per heavy atom. The van der Waals surface area contributed by atoms with Crippen LogP contribution in [0.1, 0.15) is 35.3 Å². The number of carbonyl (C=O) groups is 1. The Morgan fingerprint density at radius 1 is 1.11 bits per heavy atom. The lowest BCUT2D eigenvalue weighted by Gasteiger charge is -2.14. The van der Waals surface area contributed by atoms with Crippen molar-refractivity contribution in [2.24, 2.45) is 10.7 Å². The van der Waals surface area contributed by atoms with Crippen LogP contribution in [0.3, 0.4) is 0 Å². The van der Waals surface area contributed by atoms with E-state index in [2.05, 4.69) is 15.6 Å². The SMILES string of the molecule is CCNC(=NCc1cccc(C(N)=O)c1)NCc1ccccc1OCC.I. The van der Waals surface area contributed by atoms with Gasteiger partial charge in [0.05, 0.1) is 13.2 Å². The molecule has 6 nitrogen and oxygen atoms in total. The van der Waals surface area contributed by atoms with E-state index < -0.39 is 5.91 Å². The van der Waals surface area contributed by atoms with Crippen molar-refractivity contribution in [1.82, 2.24) is 10.6 Å². The van der Waals surface area contributed by atoms with Crippen molar-refractivity contribution >= 4 is 35.8 Å². The van der Waals surface area contributed by atoms with Gasteiger partial charge in [-0.25, -0.2) is 4.99 Å². The molecule has 0 bridgehead atoms. The molecule has 0 radical (unpaired) electrons. The quantitative estimate of drug-likeness (QED) is 0.307. The number of amides is 1. The fourth-order valence-electron chi connectivity index (χ4n) is 2.46. The lowest BCUT2D eigenvalue weighted by molar-refractivity contribution is 0.1000. The first-order chi connectivity index (χ1) is 12.6. The molecule has 1 amide bonds. The molecule has 0 atom stereocenters. The first-order valence-corrected chi connectivity index (χ1v) is 8.75. The summed E-state index contributed by atoms with van der Waals surface area (Å²) in [5, 5.41) is 6.53. The summed E-state index contributed by atoms with van der Waals surface area (Å²) >= 11 is 0. The second kappa shape index (κ2) is 12.2. The van der Waals surface area contributed by atoms with E-state index in [1.54, 1.807) is 12.1 Å². The van der Waals surface area contributed by atoms with Gasteiger partial charge in [-0.15, -0.1) is 24.0 Å². The predicted molar refractivity (Wildman–Crippen MR) is 120 cm³/mol. The average molecular weight is 482 g/mol. The normalized spacial score (nSPS) is 10.7. The molecule has 4 N–H and O–H groups in total. The van der Waals surface area contributed by atoms with Crippen molar-refractivity contribution < 1.29 is 9.53 Å². The number of hydrogen-bond acceptors (Lipinski definition) is 3. The summed E-state index contributed by atoms with van der Waals surface area (Å²) < 4.78 is 5.65. The number of halogens is 1. The van der Waals surface area contributed by atoms with Gasteiger partial charge in [0, 0.05) is 24.2 Å². The molecule has 0 aliphatic carbocycles. The number of aliphatic imine (C=N–C) groups is 1. The van der Waals surface area contributed by atoms with Crippen LogP contribution < -0.4 is 21.1 Å². The van der Waals surface area contributed by atoms with Gasteiger partial charge in [-0.1, -0.05) is 30.3 Å². The maximum absolute atomic E-state index is 11.3. The number of carbonyl (C=O) groups excluding carboxylic acids is 1. The number of nitrogens with two attached hydrogens (primary N) is 1. The van der Waals surface area contributed by atoms with Gasteiger partial charge >= 0.3 is 0 Å².